The molecule has 1 atom stereocenters. The van der Waals surface area contributed by atoms with Crippen molar-refractivity contribution in [2.75, 3.05) is 27.2 Å². The molecule has 0 aromatic heterocycles. The molecule has 18 heavy (non-hydrogen) atoms. The summed E-state index contributed by atoms with van der Waals surface area (Å²) in [7, 11) is 3.36. The third-order valence-corrected chi connectivity index (χ3v) is 2.92. The van der Waals surface area contributed by atoms with Crippen LogP contribution in [0.1, 0.15) is 22.8 Å². The molecule has 0 radical (unpaired) electrons. The second-order valence-corrected chi connectivity index (χ2v) is 4.73. The zero-order chi connectivity index (χ0) is 13.7. The van der Waals surface area contributed by atoms with E-state index in [0.717, 1.165) is 5.56 Å². The first-order chi connectivity index (χ1) is 8.49. The van der Waals surface area contributed by atoms with Crippen molar-refractivity contribution in [2.45, 2.75) is 13.8 Å². The van der Waals surface area contributed by atoms with Gasteiger partial charge in [0.2, 0.25) is 0 Å². The number of benzene rings is 1. The van der Waals surface area contributed by atoms with Gasteiger partial charge in [-0.05, 0) is 31.5 Å². The minimum Gasteiger partial charge on any atom is -0.496 e. The fourth-order valence-electron chi connectivity index (χ4n) is 1.82. The van der Waals surface area contributed by atoms with Crippen molar-refractivity contribution in [2.24, 2.45) is 11.7 Å². The van der Waals surface area contributed by atoms with Crippen molar-refractivity contribution in [3.8, 4) is 5.75 Å². The van der Waals surface area contributed by atoms with Gasteiger partial charge in [0.25, 0.3) is 5.91 Å². The molecule has 0 heterocycles. The van der Waals surface area contributed by atoms with Gasteiger partial charge in [-0.1, -0.05) is 18.6 Å². The molecule has 0 saturated heterocycles. The SMILES string of the molecule is COc1ccc(C)cc1C(=O)N(C)CC(C)CN. The molecule has 0 saturated carbocycles. The van der Waals surface area contributed by atoms with E-state index in [1.54, 1.807) is 19.1 Å². The lowest BCUT2D eigenvalue weighted by molar-refractivity contribution is 0.0774. The van der Waals surface area contributed by atoms with Gasteiger partial charge in [0.15, 0.2) is 0 Å². The van der Waals surface area contributed by atoms with E-state index in [0.29, 0.717) is 24.4 Å². The molecule has 4 nitrogen and oxygen atoms in total. The molecule has 0 spiro atoms. The molecule has 1 aromatic carbocycles. The van der Waals surface area contributed by atoms with Crippen molar-refractivity contribution in [3.05, 3.63) is 29.3 Å². The van der Waals surface area contributed by atoms with Crippen LogP contribution in [0.4, 0.5) is 0 Å². The van der Waals surface area contributed by atoms with E-state index in [9.17, 15) is 4.79 Å². The Morgan fingerprint density at radius 2 is 2.17 bits per heavy atom. The number of hydrogen-bond acceptors (Lipinski definition) is 3. The van der Waals surface area contributed by atoms with Gasteiger partial charge in [-0.2, -0.15) is 0 Å². The highest BCUT2D eigenvalue weighted by molar-refractivity contribution is 5.97. The molecule has 1 amide bonds. The summed E-state index contributed by atoms with van der Waals surface area (Å²) in [5, 5.41) is 0. The Morgan fingerprint density at radius 1 is 1.50 bits per heavy atom. The summed E-state index contributed by atoms with van der Waals surface area (Å²) in [4.78, 5) is 14.0. The predicted octanol–water partition coefficient (Wildman–Crippen LogP) is 1.67. The van der Waals surface area contributed by atoms with Crippen LogP contribution >= 0.6 is 0 Å². The minimum absolute atomic E-state index is 0.0316. The molecule has 0 aliphatic carbocycles. The summed E-state index contributed by atoms with van der Waals surface area (Å²) in [5.74, 6) is 0.864. The molecule has 4 heteroatoms. The number of ether oxygens (including phenoxy) is 1. The largest absolute Gasteiger partial charge is 0.496 e. The minimum atomic E-state index is -0.0316. The molecule has 0 bridgehead atoms. The van der Waals surface area contributed by atoms with Crippen molar-refractivity contribution >= 4 is 5.91 Å². The van der Waals surface area contributed by atoms with E-state index in [-0.39, 0.29) is 11.8 Å². The van der Waals surface area contributed by atoms with Crippen LogP contribution < -0.4 is 10.5 Å². The third-order valence-electron chi connectivity index (χ3n) is 2.92. The first-order valence-corrected chi connectivity index (χ1v) is 6.09. The van der Waals surface area contributed by atoms with E-state index in [1.807, 2.05) is 32.0 Å². The van der Waals surface area contributed by atoms with Gasteiger partial charge in [0.05, 0.1) is 12.7 Å². The number of nitrogens with zero attached hydrogens (tertiary/aromatic N) is 1. The molecule has 2 N–H and O–H groups in total. The van der Waals surface area contributed by atoms with Crippen LogP contribution in [0.3, 0.4) is 0 Å². The summed E-state index contributed by atoms with van der Waals surface area (Å²) in [6.45, 7) is 5.20. The average molecular weight is 250 g/mol. The molecular weight excluding hydrogens is 228 g/mol. The van der Waals surface area contributed by atoms with Crippen LogP contribution in [0.5, 0.6) is 5.75 Å². The van der Waals surface area contributed by atoms with E-state index >= 15 is 0 Å². The number of carbonyl (C=O) groups excluding carboxylic acids is 1. The van der Waals surface area contributed by atoms with Crippen LogP contribution in [0.2, 0.25) is 0 Å². The van der Waals surface area contributed by atoms with Gasteiger partial charge < -0.3 is 15.4 Å². The zero-order valence-corrected chi connectivity index (χ0v) is 11.6. The predicted molar refractivity (Wildman–Crippen MR) is 72.9 cm³/mol. The van der Waals surface area contributed by atoms with Crippen molar-refractivity contribution < 1.29 is 9.53 Å². The second kappa shape index (κ2) is 6.40. The highest BCUT2D eigenvalue weighted by atomic mass is 16.5. The first kappa shape index (κ1) is 14.5. The Balaban J connectivity index is 2.92. The van der Waals surface area contributed by atoms with E-state index in [4.69, 9.17) is 10.5 Å². The number of methoxy groups -OCH3 is 1. The average Bonchev–Trinajstić information content (AvgIpc) is 2.37. The fraction of sp³-hybridized carbons (Fsp3) is 0.500. The van der Waals surface area contributed by atoms with Crippen LogP contribution in [-0.4, -0.2) is 38.1 Å². The van der Waals surface area contributed by atoms with Crippen LogP contribution in [0.25, 0.3) is 0 Å². The number of rotatable bonds is 5. The summed E-state index contributed by atoms with van der Waals surface area (Å²) in [6.07, 6.45) is 0. The molecular formula is C14H22N2O2. The first-order valence-electron chi connectivity index (χ1n) is 6.09. The molecule has 0 aliphatic heterocycles. The summed E-state index contributed by atoms with van der Waals surface area (Å²) in [6, 6.07) is 5.60. The fourth-order valence-corrected chi connectivity index (χ4v) is 1.82. The molecule has 0 fully saturated rings. The van der Waals surface area contributed by atoms with Gasteiger partial charge in [-0.25, -0.2) is 0 Å². The Hall–Kier alpha value is -1.55. The highest BCUT2D eigenvalue weighted by Gasteiger charge is 2.18. The number of aryl methyl sites for hydroxylation is 1. The standard InChI is InChI=1S/C14H22N2O2/c1-10-5-6-13(18-4)12(7-10)14(17)16(3)9-11(2)8-15/h5-7,11H,8-9,15H2,1-4H3. The van der Waals surface area contributed by atoms with Crippen LogP contribution in [0.15, 0.2) is 18.2 Å². The number of nitrogens with two attached hydrogens (primary N) is 1. The maximum Gasteiger partial charge on any atom is 0.257 e. The van der Waals surface area contributed by atoms with E-state index < -0.39 is 0 Å². The zero-order valence-electron chi connectivity index (χ0n) is 11.6. The Kier molecular flexibility index (Phi) is 5.16. The van der Waals surface area contributed by atoms with Crippen molar-refractivity contribution in [3.63, 3.8) is 0 Å². The Bertz CT molecular complexity index is 418. The molecule has 0 aliphatic rings. The highest BCUT2D eigenvalue weighted by Crippen LogP contribution is 2.21. The maximum atomic E-state index is 12.3. The summed E-state index contributed by atoms with van der Waals surface area (Å²) >= 11 is 0. The lowest BCUT2D eigenvalue weighted by Crippen LogP contribution is -2.33. The smallest absolute Gasteiger partial charge is 0.257 e. The van der Waals surface area contributed by atoms with Crippen LogP contribution in [0, 0.1) is 12.8 Å². The van der Waals surface area contributed by atoms with Gasteiger partial charge in [0, 0.05) is 13.6 Å². The molecule has 1 rings (SSSR count). The van der Waals surface area contributed by atoms with Crippen molar-refractivity contribution in [1.29, 1.82) is 0 Å². The van der Waals surface area contributed by atoms with Gasteiger partial charge in [0.1, 0.15) is 5.75 Å². The number of carbonyl (C=O) groups is 1. The van der Waals surface area contributed by atoms with E-state index in [1.165, 1.54) is 0 Å². The topological polar surface area (TPSA) is 55.6 Å². The van der Waals surface area contributed by atoms with Crippen molar-refractivity contribution in [1.82, 2.24) is 4.90 Å². The lowest BCUT2D eigenvalue weighted by Gasteiger charge is -2.22. The van der Waals surface area contributed by atoms with E-state index in [2.05, 4.69) is 0 Å². The normalized spacial score (nSPS) is 12.1. The van der Waals surface area contributed by atoms with Crippen LogP contribution in [-0.2, 0) is 0 Å². The molecule has 1 unspecified atom stereocenters. The number of hydrogen-bond donors (Lipinski definition) is 1. The summed E-state index contributed by atoms with van der Waals surface area (Å²) < 4.78 is 5.23. The summed E-state index contributed by atoms with van der Waals surface area (Å²) in [5.41, 5.74) is 7.22. The third kappa shape index (κ3) is 3.47. The van der Waals surface area contributed by atoms with Gasteiger partial charge in [-0.3, -0.25) is 4.79 Å². The van der Waals surface area contributed by atoms with Gasteiger partial charge >= 0.3 is 0 Å². The Morgan fingerprint density at radius 3 is 2.72 bits per heavy atom. The molecule has 1 aromatic rings. The molecule has 100 valence electrons. The van der Waals surface area contributed by atoms with Gasteiger partial charge in [-0.15, -0.1) is 0 Å². The second-order valence-electron chi connectivity index (χ2n) is 4.73. The maximum absolute atomic E-state index is 12.3. The quantitative estimate of drug-likeness (QED) is 0.865. The monoisotopic (exact) mass is 250 g/mol. The number of amides is 1. The lowest BCUT2D eigenvalue weighted by atomic mass is 10.1. The Labute approximate surface area is 109 Å².